The Balaban J connectivity index is 2.17. The Hall–Kier alpha value is -1.77. The summed E-state index contributed by atoms with van der Waals surface area (Å²) in [4.78, 5) is 13.6. The van der Waals surface area contributed by atoms with Crippen LogP contribution >= 0.6 is 0 Å². The van der Waals surface area contributed by atoms with E-state index in [-0.39, 0.29) is 12.2 Å². The molecule has 0 saturated heterocycles. The van der Waals surface area contributed by atoms with E-state index in [0.29, 0.717) is 25.2 Å². The summed E-state index contributed by atoms with van der Waals surface area (Å²) in [5.41, 5.74) is 4.84. The van der Waals surface area contributed by atoms with Gasteiger partial charge in [0, 0.05) is 13.1 Å². The van der Waals surface area contributed by atoms with E-state index in [1.54, 1.807) is 20.8 Å². The molecule has 0 spiro atoms. The van der Waals surface area contributed by atoms with E-state index >= 15 is 0 Å². The number of nitrogens with zero attached hydrogens (tertiary/aromatic N) is 3. The van der Waals surface area contributed by atoms with Gasteiger partial charge in [0.1, 0.15) is 11.6 Å². The van der Waals surface area contributed by atoms with Crippen LogP contribution in [0.1, 0.15) is 44.6 Å². The lowest BCUT2D eigenvalue weighted by atomic mass is 10.2. The van der Waals surface area contributed by atoms with Crippen molar-refractivity contribution < 1.29 is 22.7 Å². The van der Waals surface area contributed by atoms with Gasteiger partial charge >= 0.3 is 12.3 Å². The first-order chi connectivity index (χ1) is 10.5. The maximum absolute atomic E-state index is 12.7. The Morgan fingerprint density at radius 3 is 2.57 bits per heavy atom. The van der Waals surface area contributed by atoms with Crippen LogP contribution in [0.5, 0.6) is 0 Å². The van der Waals surface area contributed by atoms with Crippen LogP contribution in [0.4, 0.5) is 18.0 Å². The first kappa shape index (κ1) is 17.6. The Bertz CT molecular complexity index is 578. The van der Waals surface area contributed by atoms with Gasteiger partial charge < -0.3 is 15.4 Å². The Morgan fingerprint density at radius 2 is 2.00 bits per heavy atom. The molecule has 1 aliphatic rings. The highest BCUT2D eigenvalue weighted by Crippen LogP contribution is 2.30. The molecule has 1 atom stereocenters. The summed E-state index contributed by atoms with van der Waals surface area (Å²) in [5, 5.41) is 3.94. The molecule has 2 N–H and O–H groups in total. The van der Waals surface area contributed by atoms with Crippen LogP contribution in [-0.2, 0) is 17.8 Å². The summed E-state index contributed by atoms with van der Waals surface area (Å²) in [6.07, 6.45) is -4.46. The molecular formula is C14H21F3N4O2. The van der Waals surface area contributed by atoms with E-state index in [9.17, 15) is 18.0 Å². The van der Waals surface area contributed by atoms with Gasteiger partial charge in [-0.15, -0.1) is 0 Å². The average molecular weight is 334 g/mol. The number of nitrogens with two attached hydrogens (primary N) is 1. The van der Waals surface area contributed by atoms with Crippen LogP contribution in [0.15, 0.2) is 6.07 Å². The molecule has 1 unspecified atom stereocenters. The number of hydrogen-bond donors (Lipinski definition) is 1. The predicted octanol–water partition coefficient (Wildman–Crippen LogP) is 2.59. The van der Waals surface area contributed by atoms with Crippen LogP contribution in [0, 0.1) is 0 Å². The lowest BCUT2D eigenvalue weighted by Gasteiger charge is -2.26. The van der Waals surface area contributed by atoms with E-state index in [0.717, 1.165) is 0 Å². The highest BCUT2D eigenvalue weighted by Gasteiger charge is 2.40. The number of carbonyl (C=O) groups is 1. The Morgan fingerprint density at radius 1 is 1.35 bits per heavy atom. The summed E-state index contributed by atoms with van der Waals surface area (Å²) in [5.74, 6) is 0. The van der Waals surface area contributed by atoms with Crippen molar-refractivity contribution in [1.29, 1.82) is 0 Å². The van der Waals surface area contributed by atoms with Crippen LogP contribution < -0.4 is 5.73 Å². The standard InChI is InChI=1S/C14H21F3N4O2/c1-13(2,3)23-12(22)20-5-4-6-21-9(8-20)7-10(19-21)11(18)14(15,16)17/h7,11H,4-6,8,18H2,1-3H3. The summed E-state index contributed by atoms with van der Waals surface area (Å²) < 4.78 is 44.9. The second kappa shape index (κ2) is 6.03. The fourth-order valence-corrected chi connectivity index (χ4v) is 2.29. The van der Waals surface area contributed by atoms with Gasteiger partial charge in [-0.25, -0.2) is 4.79 Å². The van der Waals surface area contributed by atoms with Gasteiger partial charge in [-0.3, -0.25) is 4.68 Å². The van der Waals surface area contributed by atoms with Crippen molar-refractivity contribution in [3.05, 3.63) is 17.5 Å². The zero-order valence-electron chi connectivity index (χ0n) is 13.4. The largest absolute Gasteiger partial charge is 0.444 e. The third-order valence-electron chi connectivity index (χ3n) is 3.36. The third-order valence-corrected chi connectivity index (χ3v) is 3.36. The van der Waals surface area contributed by atoms with E-state index in [4.69, 9.17) is 10.5 Å². The van der Waals surface area contributed by atoms with Gasteiger partial charge in [-0.05, 0) is 33.3 Å². The number of hydrogen-bond acceptors (Lipinski definition) is 4. The summed E-state index contributed by atoms with van der Waals surface area (Å²) in [7, 11) is 0. The molecule has 2 heterocycles. The van der Waals surface area contributed by atoms with Crippen molar-refractivity contribution in [2.75, 3.05) is 6.54 Å². The van der Waals surface area contributed by atoms with Crippen LogP contribution in [0.25, 0.3) is 0 Å². The quantitative estimate of drug-likeness (QED) is 0.857. The lowest BCUT2D eigenvalue weighted by Crippen LogP contribution is -2.36. The molecule has 0 saturated carbocycles. The molecule has 9 heteroatoms. The van der Waals surface area contributed by atoms with Gasteiger partial charge in [0.2, 0.25) is 0 Å². The number of aromatic nitrogens is 2. The molecular weight excluding hydrogens is 313 g/mol. The van der Waals surface area contributed by atoms with Crippen LogP contribution in [-0.4, -0.2) is 39.1 Å². The monoisotopic (exact) mass is 334 g/mol. The minimum atomic E-state index is -4.55. The van der Waals surface area contributed by atoms with E-state index in [2.05, 4.69) is 5.10 Å². The molecule has 6 nitrogen and oxygen atoms in total. The van der Waals surface area contributed by atoms with Crippen LogP contribution in [0.2, 0.25) is 0 Å². The van der Waals surface area contributed by atoms with Crippen molar-refractivity contribution in [3.63, 3.8) is 0 Å². The zero-order valence-corrected chi connectivity index (χ0v) is 13.4. The highest BCUT2D eigenvalue weighted by atomic mass is 19.4. The first-order valence-electron chi connectivity index (χ1n) is 7.34. The number of halogens is 3. The molecule has 130 valence electrons. The Labute approximate surface area is 132 Å². The van der Waals surface area contributed by atoms with Crippen molar-refractivity contribution in [2.24, 2.45) is 5.73 Å². The predicted molar refractivity (Wildman–Crippen MR) is 76.5 cm³/mol. The van der Waals surface area contributed by atoms with Crippen molar-refractivity contribution >= 4 is 6.09 Å². The highest BCUT2D eigenvalue weighted by molar-refractivity contribution is 5.68. The minimum absolute atomic E-state index is 0.145. The molecule has 0 aromatic carbocycles. The maximum atomic E-state index is 12.7. The van der Waals surface area contributed by atoms with Crippen LogP contribution in [0.3, 0.4) is 0 Å². The van der Waals surface area contributed by atoms with E-state index in [1.807, 2.05) is 0 Å². The molecule has 1 amide bonds. The molecule has 0 aliphatic carbocycles. The molecule has 2 rings (SSSR count). The van der Waals surface area contributed by atoms with E-state index < -0.39 is 23.9 Å². The van der Waals surface area contributed by atoms with Gasteiger partial charge in [0.05, 0.1) is 17.9 Å². The van der Waals surface area contributed by atoms with Gasteiger partial charge in [0.25, 0.3) is 0 Å². The number of alkyl halides is 3. The molecule has 1 aromatic rings. The lowest BCUT2D eigenvalue weighted by molar-refractivity contribution is -0.150. The number of ether oxygens (including phenoxy) is 1. The van der Waals surface area contributed by atoms with Gasteiger partial charge in [0.15, 0.2) is 0 Å². The first-order valence-corrected chi connectivity index (χ1v) is 7.34. The maximum Gasteiger partial charge on any atom is 0.410 e. The molecule has 0 bridgehead atoms. The normalized spacial score (nSPS) is 17.4. The molecule has 1 aliphatic heterocycles. The number of amides is 1. The molecule has 0 fully saturated rings. The SMILES string of the molecule is CC(C)(C)OC(=O)N1CCCn2nc(C(N)C(F)(F)F)cc2C1. The van der Waals surface area contributed by atoms with Gasteiger partial charge in [-0.1, -0.05) is 0 Å². The number of carbonyl (C=O) groups excluding carboxylic acids is 1. The summed E-state index contributed by atoms with van der Waals surface area (Å²) in [6.45, 7) is 6.30. The molecule has 23 heavy (non-hydrogen) atoms. The van der Waals surface area contributed by atoms with Crippen molar-refractivity contribution in [3.8, 4) is 0 Å². The summed E-state index contributed by atoms with van der Waals surface area (Å²) in [6, 6.07) is -0.821. The zero-order chi connectivity index (χ0) is 17.4. The summed E-state index contributed by atoms with van der Waals surface area (Å²) >= 11 is 0. The van der Waals surface area contributed by atoms with Crippen molar-refractivity contribution in [2.45, 2.75) is 58.1 Å². The van der Waals surface area contributed by atoms with E-state index in [1.165, 1.54) is 15.6 Å². The smallest absolute Gasteiger partial charge is 0.410 e. The number of rotatable bonds is 1. The fraction of sp³-hybridized carbons (Fsp3) is 0.714. The molecule has 0 radical (unpaired) electrons. The second-order valence-corrected chi connectivity index (χ2v) is 6.56. The minimum Gasteiger partial charge on any atom is -0.444 e. The second-order valence-electron chi connectivity index (χ2n) is 6.56. The van der Waals surface area contributed by atoms with Gasteiger partial charge in [-0.2, -0.15) is 18.3 Å². The Kier molecular flexibility index (Phi) is 4.61. The average Bonchev–Trinajstić information content (AvgIpc) is 2.66. The number of fused-ring (bicyclic) bond motifs is 1. The number of aryl methyl sites for hydroxylation is 1. The third kappa shape index (κ3) is 4.37. The fourth-order valence-electron chi connectivity index (χ4n) is 2.29. The molecule has 1 aromatic heterocycles. The van der Waals surface area contributed by atoms with Crippen molar-refractivity contribution in [1.82, 2.24) is 14.7 Å². The topological polar surface area (TPSA) is 73.4 Å².